The molecule has 0 fully saturated rings. The first kappa shape index (κ1) is 19.8. The number of fused-ring (bicyclic) bond motifs is 10. The Kier molecular flexibility index (Phi) is 4.17. The molecule has 0 saturated carbocycles. The summed E-state index contributed by atoms with van der Waals surface area (Å²) < 4.78 is 96.1. The fourth-order valence-corrected chi connectivity index (χ4v) is 7.24. The summed E-state index contributed by atoms with van der Waals surface area (Å²) in [6, 6.07) is 27.6. The maximum atomic E-state index is 8.88. The van der Waals surface area contributed by atoms with Crippen LogP contribution >= 0.6 is 0 Å². The quantitative estimate of drug-likeness (QED) is 0.188. The molecular formula is C45H27N5O. The zero-order valence-electron chi connectivity index (χ0n) is 36.5. The van der Waals surface area contributed by atoms with E-state index in [-0.39, 0.29) is 28.7 Å². The van der Waals surface area contributed by atoms with E-state index in [4.69, 9.17) is 28.1 Å². The van der Waals surface area contributed by atoms with Crippen molar-refractivity contribution in [2.45, 2.75) is 0 Å². The van der Waals surface area contributed by atoms with Crippen molar-refractivity contribution in [1.29, 1.82) is 0 Å². The Labute approximate surface area is 305 Å². The lowest BCUT2D eigenvalue weighted by Gasteiger charge is -2.13. The van der Waals surface area contributed by atoms with E-state index < -0.39 is 60.4 Å². The molecule has 0 bridgehead atoms. The van der Waals surface area contributed by atoms with Gasteiger partial charge in [0.05, 0.1) is 35.8 Å². The highest BCUT2D eigenvalue weighted by Gasteiger charge is 2.23. The van der Waals surface area contributed by atoms with Gasteiger partial charge in [0.2, 0.25) is 5.95 Å². The Morgan fingerprint density at radius 3 is 1.63 bits per heavy atom. The molecule has 0 saturated heterocycles. The van der Waals surface area contributed by atoms with Crippen LogP contribution in [0.25, 0.3) is 100.0 Å². The van der Waals surface area contributed by atoms with E-state index in [2.05, 4.69) is 27.8 Å². The number of para-hydroxylation sites is 3. The molecule has 6 heteroatoms. The van der Waals surface area contributed by atoms with Crippen molar-refractivity contribution < 1.29 is 18.1 Å². The predicted octanol–water partition coefficient (Wildman–Crippen LogP) is 11.3. The molecule has 0 spiro atoms. The van der Waals surface area contributed by atoms with Crippen molar-refractivity contribution >= 4 is 65.6 Å². The number of rotatable bonds is 4. The monoisotopic (exact) mass is 663 g/mol. The summed E-state index contributed by atoms with van der Waals surface area (Å²) in [5.74, 6) is -0.773. The van der Waals surface area contributed by atoms with Gasteiger partial charge in [0.25, 0.3) is 0 Å². The average molecular weight is 664 g/mol. The maximum Gasteiger partial charge on any atom is 0.238 e. The summed E-state index contributed by atoms with van der Waals surface area (Å²) in [4.78, 5) is 14.2. The van der Waals surface area contributed by atoms with Gasteiger partial charge < -0.3 is 8.98 Å². The number of nitrogens with zero attached hydrogens (tertiary/aromatic N) is 5. The first-order valence-electron chi connectivity index (χ1n) is 21.2. The van der Waals surface area contributed by atoms with Gasteiger partial charge in [-0.2, -0.15) is 9.97 Å². The predicted molar refractivity (Wildman–Crippen MR) is 207 cm³/mol. The second kappa shape index (κ2) is 10.7. The van der Waals surface area contributed by atoms with E-state index in [1.807, 2.05) is 84.9 Å². The molecule has 0 atom stereocenters. The third kappa shape index (κ3) is 4.14. The fraction of sp³-hybridized carbons (Fsp3) is 0. The average Bonchev–Trinajstić information content (AvgIpc) is 3.94. The molecule has 6 nitrogen and oxygen atoms in total. The lowest BCUT2D eigenvalue weighted by molar-refractivity contribution is 0.669. The van der Waals surface area contributed by atoms with Crippen molar-refractivity contribution in [3.63, 3.8) is 0 Å². The molecule has 0 aliphatic rings. The van der Waals surface area contributed by atoms with Gasteiger partial charge in [-0.1, -0.05) is 127 Å². The van der Waals surface area contributed by atoms with Crippen LogP contribution in [0.15, 0.2) is 168 Å². The third-order valence-corrected chi connectivity index (χ3v) is 9.36. The number of hydrogen-bond donors (Lipinski definition) is 0. The van der Waals surface area contributed by atoms with Crippen LogP contribution in [0.3, 0.4) is 0 Å². The van der Waals surface area contributed by atoms with Crippen LogP contribution in [0.2, 0.25) is 0 Å². The second-order valence-electron chi connectivity index (χ2n) is 12.1. The molecule has 0 N–H and O–H groups in total. The lowest BCUT2D eigenvalue weighted by Crippen LogP contribution is -2.07. The van der Waals surface area contributed by atoms with Crippen LogP contribution in [0.5, 0.6) is 0 Å². The molecule has 7 aromatic carbocycles. The Bertz CT molecular complexity index is 3600. The van der Waals surface area contributed by atoms with Crippen molar-refractivity contribution in [2.24, 2.45) is 0 Å². The zero-order chi connectivity index (χ0) is 42.2. The van der Waals surface area contributed by atoms with Crippen molar-refractivity contribution in [3.05, 3.63) is 164 Å². The van der Waals surface area contributed by atoms with Crippen LogP contribution in [-0.2, 0) is 0 Å². The van der Waals surface area contributed by atoms with Gasteiger partial charge in [-0.25, -0.2) is 4.98 Å². The van der Waals surface area contributed by atoms with E-state index in [0.29, 0.717) is 11.0 Å². The van der Waals surface area contributed by atoms with E-state index >= 15 is 0 Å². The second-order valence-corrected chi connectivity index (χ2v) is 12.1. The molecule has 0 aliphatic heterocycles. The summed E-state index contributed by atoms with van der Waals surface area (Å²) in [6.07, 6.45) is 0. The molecular weight excluding hydrogens is 627 g/mol. The van der Waals surface area contributed by atoms with E-state index in [0.717, 1.165) is 60.2 Å². The lowest BCUT2D eigenvalue weighted by atomic mass is 10.1. The van der Waals surface area contributed by atoms with Crippen molar-refractivity contribution in [1.82, 2.24) is 24.1 Å². The Hall–Kier alpha value is -7.05. The Morgan fingerprint density at radius 1 is 0.451 bits per heavy atom. The van der Waals surface area contributed by atoms with Gasteiger partial charge in [-0.15, -0.1) is 0 Å². The molecule has 238 valence electrons. The van der Waals surface area contributed by atoms with E-state index in [1.165, 1.54) is 0 Å². The molecule has 0 radical (unpaired) electrons. The van der Waals surface area contributed by atoms with Crippen molar-refractivity contribution in [3.8, 4) is 34.4 Å². The molecule has 0 unspecified atom stereocenters. The highest BCUT2D eigenvalue weighted by atomic mass is 16.3. The first-order chi connectivity index (χ1) is 29.4. The highest BCUT2D eigenvalue weighted by molar-refractivity contribution is 6.24. The van der Waals surface area contributed by atoms with Gasteiger partial charge in [-0.3, -0.25) is 4.57 Å². The molecule has 4 heterocycles. The van der Waals surface area contributed by atoms with Crippen LogP contribution in [0, 0.1) is 0 Å². The van der Waals surface area contributed by atoms with Gasteiger partial charge >= 0.3 is 0 Å². The summed E-state index contributed by atoms with van der Waals surface area (Å²) in [6.45, 7) is 0. The van der Waals surface area contributed by atoms with E-state index in [9.17, 15) is 0 Å². The largest absolute Gasteiger partial charge is 0.456 e. The van der Waals surface area contributed by atoms with Crippen LogP contribution in [0.1, 0.15) is 13.7 Å². The smallest absolute Gasteiger partial charge is 0.238 e. The van der Waals surface area contributed by atoms with Crippen LogP contribution < -0.4 is 0 Å². The summed E-state index contributed by atoms with van der Waals surface area (Å²) >= 11 is 0. The SMILES string of the molecule is [2H]c1c([2H])c([2H])c(-c2nc(-c3c([2H])c([2H])c([2H])c([2H])c3[2H])nc(-n3c4ccccc4c4ccc5c6ccccc6n(-c6ccc7oc8ccccc8c7c6)c5c43)n2)c([2H])c1[2H]. The number of aromatic nitrogens is 5. The number of benzene rings is 7. The molecule has 51 heavy (non-hydrogen) atoms. The summed E-state index contributed by atoms with van der Waals surface area (Å²) in [5.41, 5.74) is 4.62. The Balaban J connectivity index is 1.32. The standard InChI is InChI=1S/C45H27N5O/c1-3-13-28(14-4-1)43-46-44(29-15-5-2-6-16-29)48-45(47-43)50-38-21-11-8-18-32(38)35-25-24-34-31-17-7-10-20-37(31)49(41(34)42(35)50)30-23-26-40-36(27-30)33-19-9-12-22-39(33)51-40/h1-27H/i1D,2D,3D,4D,5D,6D,13D,14D,15D,16D. The molecule has 4 aromatic heterocycles. The van der Waals surface area contributed by atoms with Gasteiger partial charge in [-0.05, 0) is 36.4 Å². The minimum absolute atomic E-state index is 0.0783. The van der Waals surface area contributed by atoms with E-state index in [1.54, 1.807) is 4.57 Å². The van der Waals surface area contributed by atoms with Gasteiger partial charge in [0, 0.05) is 49.1 Å². The summed E-state index contributed by atoms with van der Waals surface area (Å²) in [7, 11) is 0. The van der Waals surface area contributed by atoms with Crippen molar-refractivity contribution in [2.75, 3.05) is 0 Å². The molecule has 0 amide bonds. The van der Waals surface area contributed by atoms with Crippen LogP contribution in [-0.4, -0.2) is 24.1 Å². The van der Waals surface area contributed by atoms with Gasteiger partial charge in [0.15, 0.2) is 11.6 Å². The summed E-state index contributed by atoms with van der Waals surface area (Å²) in [5, 5.41) is 5.39. The minimum Gasteiger partial charge on any atom is -0.456 e. The van der Waals surface area contributed by atoms with Gasteiger partial charge in [0.1, 0.15) is 11.2 Å². The number of hydrogen-bond acceptors (Lipinski definition) is 4. The normalized spacial score (nSPS) is 14.7. The molecule has 11 aromatic rings. The fourth-order valence-electron chi connectivity index (χ4n) is 7.24. The van der Waals surface area contributed by atoms with Crippen LogP contribution in [0.4, 0.5) is 0 Å². The maximum absolute atomic E-state index is 8.88. The number of furan rings is 1. The topological polar surface area (TPSA) is 61.7 Å². The highest BCUT2D eigenvalue weighted by Crippen LogP contribution is 2.42. The molecule has 11 rings (SSSR count). The Morgan fingerprint density at radius 2 is 0.980 bits per heavy atom. The minimum atomic E-state index is -0.618. The molecule has 0 aliphatic carbocycles. The third-order valence-electron chi connectivity index (χ3n) is 9.36. The first-order valence-corrected chi connectivity index (χ1v) is 16.2. The zero-order valence-corrected chi connectivity index (χ0v) is 26.5.